The molecule has 1 aromatic heterocycles. The zero-order chi connectivity index (χ0) is 13.1. The second kappa shape index (κ2) is 3.44. The predicted molar refractivity (Wildman–Crippen MR) is 67.2 cm³/mol. The summed E-state index contributed by atoms with van der Waals surface area (Å²) in [6.07, 6.45) is -0.162. The van der Waals surface area contributed by atoms with Gasteiger partial charge in [-0.15, -0.1) is 0 Å². The molecular formula is C13H13ClF2N2. The minimum atomic E-state index is -2.63. The lowest BCUT2D eigenvalue weighted by molar-refractivity contribution is -0.201. The Labute approximate surface area is 108 Å². The minimum absolute atomic E-state index is 0.162. The van der Waals surface area contributed by atoms with E-state index in [1.165, 1.54) is 0 Å². The number of rotatable bonds is 1. The Bertz CT molecular complexity index is 618. The van der Waals surface area contributed by atoms with Gasteiger partial charge >= 0.3 is 0 Å². The monoisotopic (exact) mass is 270 g/mol. The average molecular weight is 271 g/mol. The number of halogens is 3. The Morgan fingerprint density at radius 1 is 1.39 bits per heavy atom. The Kier molecular flexibility index (Phi) is 2.28. The molecule has 0 bridgehead atoms. The van der Waals surface area contributed by atoms with Crippen molar-refractivity contribution in [3.05, 3.63) is 28.9 Å². The minimum Gasteiger partial charge on any atom is -0.277 e. The van der Waals surface area contributed by atoms with Gasteiger partial charge in [-0.3, -0.25) is 5.10 Å². The van der Waals surface area contributed by atoms with Gasteiger partial charge in [-0.2, -0.15) is 5.10 Å². The first-order valence-electron chi connectivity index (χ1n) is 5.85. The van der Waals surface area contributed by atoms with Gasteiger partial charge in [-0.05, 0) is 12.1 Å². The molecule has 1 unspecified atom stereocenters. The highest BCUT2D eigenvalue weighted by atomic mass is 35.5. The normalized spacial score (nSPS) is 25.1. The lowest BCUT2D eigenvalue weighted by atomic mass is 9.58. The summed E-state index contributed by atoms with van der Waals surface area (Å²) < 4.78 is 27.2. The molecule has 96 valence electrons. The van der Waals surface area contributed by atoms with E-state index in [0.717, 1.165) is 10.9 Å². The SMILES string of the molecule is CC1(C)C(c2n[nH]c3cccc(Cl)c23)CC1(F)F. The van der Waals surface area contributed by atoms with Crippen LogP contribution in [0.5, 0.6) is 0 Å². The van der Waals surface area contributed by atoms with Crippen molar-refractivity contribution in [2.24, 2.45) is 5.41 Å². The number of H-pyrrole nitrogens is 1. The fraction of sp³-hybridized carbons (Fsp3) is 0.462. The molecule has 1 aromatic carbocycles. The standard InChI is InChI=1S/C13H13ClF2N2/c1-12(2)7(6-13(12,15)16)11-10-8(14)4-3-5-9(10)17-18-11/h3-5,7H,6H2,1-2H3,(H,17,18). The molecule has 3 rings (SSSR count). The van der Waals surface area contributed by atoms with Crippen LogP contribution in [0.25, 0.3) is 10.9 Å². The number of nitrogens with one attached hydrogen (secondary N) is 1. The lowest BCUT2D eigenvalue weighted by Gasteiger charge is -2.51. The molecule has 0 saturated heterocycles. The topological polar surface area (TPSA) is 28.7 Å². The van der Waals surface area contributed by atoms with Crippen molar-refractivity contribution in [1.82, 2.24) is 10.2 Å². The molecule has 1 fully saturated rings. The molecule has 1 aliphatic rings. The van der Waals surface area contributed by atoms with E-state index >= 15 is 0 Å². The van der Waals surface area contributed by atoms with Crippen LogP contribution in [0.15, 0.2) is 18.2 Å². The first-order valence-corrected chi connectivity index (χ1v) is 6.23. The fourth-order valence-corrected chi connectivity index (χ4v) is 2.91. The summed E-state index contributed by atoms with van der Waals surface area (Å²) in [5, 5.41) is 8.39. The van der Waals surface area contributed by atoms with Crippen LogP contribution in [-0.2, 0) is 0 Å². The Morgan fingerprint density at radius 3 is 2.72 bits per heavy atom. The van der Waals surface area contributed by atoms with E-state index in [-0.39, 0.29) is 12.3 Å². The largest absolute Gasteiger partial charge is 0.277 e. The third-order valence-electron chi connectivity index (χ3n) is 4.17. The summed E-state index contributed by atoms with van der Waals surface area (Å²) in [6, 6.07) is 5.42. The third-order valence-corrected chi connectivity index (χ3v) is 4.49. The van der Waals surface area contributed by atoms with Gasteiger partial charge in [-0.1, -0.05) is 31.5 Å². The van der Waals surface area contributed by atoms with E-state index in [0.29, 0.717) is 10.7 Å². The van der Waals surface area contributed by atoms with Gasteiger partial charge in [-0.25, -0.2) is 8.78 Å². The molecule has 0 amide bonds. The average Bonchev–Trinajstić information content (AvgIpc) is 2.71. The van der Waals surface area contributed by atoms with Crippen LogP contribution in [0.4, 0.5) is 8.78 Å². The van der Waals surface area contributed by atoms with E-state index in [2.05, 4.69) is 10.2 Å². The zero-order valence-corrected chi connectivity index (χ0v) is 10.9. The highest BCUT2D eigenvalue weighted by Crippen LogP contribution is 2.62. The number of nitrogens with zero attached hydrogens (tertiary/aromatic N) is 1. The van der Waals surface area contributed by atoms with Crippen molar-refractivity contribution in [2.45, 2.75) is 32.1 Å². The number of aromatic amines is 1. The third kappa shape index (κ3) is 1.35. The highest BCUT2D eigenvalue weighted by Gasteiger charge is 2.63. The maximum Gasteiger partial charge on any atom is 0.254 e. The van der Waals surface area contributed by atoms with E-state index in [1.54, 1.807) is 19.9 Å². The van der Waals surface area contributed by atoms with Gasteiger partial charge in [0, 0.05) is 23.1 Å². The predicted octanol–water partition coefficient (Wildman–Crippen LogP) is 4.37. The Morgan fingerprint density at radius 2 is 2.11 bits per heavy atom. The van der Waals surface area contributed by atoms with Crippen LogP contribution < -0.4 is 0 Å². The summed E-state index contributed by atoms with van der Waals surface area (Å²) in [5.41, 5.74) is 0.379. The Balaban J connectivity index is 2.13. The molecule has 0 aliphatic heterocycles. The summed E-state index contributed by atoms with van der Waals surface area (Å²) in [5.74, 6) is -2.90. The number of fused-ring (bicyclic) bond motifs is 1. The van der Waals surface area contributed by atoms with E-state index < -0.39 is 11.3 Å². The number of hydrogen-bond acceptors (Lipinski definition) is 1. The van der Waals surface area contributed by atoms with Gasteiger partial charge in [0.15, 0.2) is 0 Å². The van der Waals surface area contributed by atoms with Crippen molar-refractivity contribution in [3.63, 3.8) is 0 Å². The summed E-state index contributed by atoms with van der Waals surface area (Å²) in [6.45, 7) is 3.16. The zero-order valence-electron chi connectivity index (χ0n) is 10.1. The first-order chi connectivity index (χ1) is 8.34. The van der Waals surface area contributed by atoms with Crippen molar-refractivity contribution in [1.29, 1.82) is 0 Å². The fourth-order valence-electron chi connectivity index (χ4n) is 2.64. The molecule has 2 aromatic rings. The molecule has 18 heavy (non-hydrogen) atoms. The number of benzene rings is 1. The molecule has 5 heteroatoms. The molecule has 2 nitrogen and oxygen atoms in total. The van der Waals surface area contributed by atoms with Crippen LogP contribution >= 0.6 is 11.6 Å². The van der Waals surface area contributed by atoms with E-state index in [9.17, 15) is 8.78 Å². The van der Waals surface area contributed by atoms with Crippen LogP contribution in [-0.4, -0.2) is 16.1 Å². The number of aromatic nitrogens is 2. The summed E-state index contributed by atoms with van der Waals surface area (Å²) >= 11 is 6.15. The molecule has 1 saturated carbocycles. The van der Waals surface area contributed by atoms with Crippen molar-refractivity contribution in [2.75, 3.05) is 0 Å². The maximum atomic E-state index is 13.6. The van der Waals surface area contributed by atoms with Gasteiger partial charge in [0.05, 0.1) is 16.2 Å². The molecule has 0 spiro atoms. The van der Waals surface area contributed by atoms with Crippen molar-refractivity contribution in [3.8, 4) is 0 Å². The van der Waals surface area contributed by atoms with E-state index in [4.69, 9.17) is 11.6 Å². The van der Waals surface area contributed by atoms with Crippen molar-refractivity contribution < 1.29 is 8.78 Å². The molecular weight excluding hydrogens is 258 g/mol. The Hall–Kier alpha value is -1.16. The van der Waals surface area contributed by atoms with Gasteiger partial charge in [0.2, 0.25) is 0 Å². The molecule has 1 aliphatic carbocycles. The molecule has 0 radical (unpaired) electrons. The molecule has 1 heterocycles. The number of alkyl halides is 2. The van der Waals surface area contributed by atoms with Crippen LogP contribution in [0.3, 0.4) is 0 Å². The first kappa shape index (κ1) is 11.9. The maximum absolute atomic E-state index is 13.6. The highest BCUT2D eigenvalue weighted by molar-refractivity contribution is 6.35. The van der Waals surface area contributed by atoms with Gasteiger partial charge in [0.1, 0.15) is 0 Å². The number of hydrogen-bond donors (Lipinski definition) is 1. The quantitative estimate of drug-likeness (QED) is 0.819. The lowest BCUT2D eigenvalue weighted by Crippen LogP contribution is -2.53. The van der Waals surface area contributed by atoms with Gasteiger partial charge < -0.3 is 0 Å². The van der Waals surface area contributed by atoms with Crippen molar-refractivity contribution >= 4 is 22.5 Å². The molecule has 1 atom stereocenters. The van der Waals surface area contributed by atoms with Gasteiger partial charge in [0.25, 0.3) is 5.92 Å². The van der Waals surface area contributed by atoms with E-state index in [1.807, 2.05) is 12.1 Å². The second-order valence-electron chi connectivity index (χ2n) is 5.45. The molecule has 1 N–H and O–H groups in total. The summed E-state index contributed by atoms with van der Waals surface area (Å²) in [4.78, 5) is 0. The second-order valence-corrected chi connectivity index (χ2v) is 5.86. The van der Waals surface area contributed by atoms with Crippen LogP contribution in [0.1, 0.15) is 31.9 Å². The smallest absolute Gasteiger partial charge is 0.254 e. The summed E-state index contributed by atoms with van der Waals surface area (Å²) in [7, 11) is 0. The van der Waals surface area contributed by atoms with Crippen LogP contribution in [0, 0.1) is 5.41 Å². The van der Waals surface area contributed by atoms with Crippen LogP contribution in [0.2, 0.25) is 5.02 Å².